The number of carbonyl (C=O) groups is 2. The molecule has 9 heteroatoms. The number of hydrogen-bond acceptors (Lipinski definition) is 6. The van der Waals surface area contributed by atoms with E-state index in [0.29, 0.717) is 10.1 Å². The lowest BCUT2D eigenvalue weighted by Gasteiger charge is -2.28. The number of benzene rings is 2. The summed E-state index contributed by atoms with van der Waals surface area (Å²) in [5.41, 5.74) is 3.77. The van der Waals surface area contributed by atoms with Crippen molar-refractivity contribution in [1.29, 1.82) is 0 Å². The fraction of sp³-hybridized carbons (Fsp3) is 0.192. The maximum Gasteiger partial charge on any atom is 0.335 e. The second-order valence-electron chi connectivity index (χ2n) is 8.14. The van der Waals surface area contributed by atoms with E-state index < -0.39 is 5.97 Å². The number of aromatic carboxylic acids is 1. The number of aromatic nitrogens is 1. The number of hydrogen-bond donors (Lipinski definition) is 1. The molecule has 2 aliphatic heterocycles. The van der Waals surface area contributed by atoms with Crippen LogP contribution < -0.4 is 4.90 Å². The quantitative estimate of drug-likeness (QED) is 0.541. The van der Waals surface area contributed by atoms with Gasteiger partial charge in [-0.3, -0.25) is 9.69 Å². The first-order valence-electron chi connectivity index (χ1n) is 11.2. The zero-order chi connectivity index (χ0) is 24.4. The molecule has 1 aromatic heterocycles. The summed E-state index contributed by atoms with van der Waals surface area (Å²) in [6, 6.07) is 18.4. The van der Waals surface area contributed by atoms with E-state index in [1.165, 1.54) is 11.8 Å². The van der Waals surface area contributed by atoms with Gasteiger partial charge in [0.25, 0.3) is 5.91 Å². The summed E-state index contributed by atoms with van der Waals surface area (Å²) in [6.07, 6.45) is 3.71. The number of amides is 1. The van der Waals surface area contributed by atoms with Crippen molar-refractivity contribution >= 4 is 46.3 Å². The van der Waals surface area contributed by atoms with Crippen molar-refractivity contribution in [2.75, 3.05) is 38.3 Å². The van der Waals surface area contributed by atoms with Gasteiger partial charge in [0.05, 0.1) is 29.4 Å². The Labute approximate surface area is 207 Å². The molecule has 0 bridgehead atoms. The fourth-order valence-corrected chi connectivity index (χ4v) is 4.94. The number of aliphatic imine (C=N–C) groups is 1. The number of ether oxygens (including phenoxy) is 1. The number of rotatable bonds is 5. The highest BCUT2D eigenvalue weighted by Crippen LogP contribution is 2.34. The largest absolute Gasteiger partial charge is 0.478 e. The summed E-state index contributed by atoms with van der Waals surface area (Å²) in [7, 11) is 1.72. The van der Waals surface area contributed by atoms with E-state index in [-0.39, 0.29) is 11.5 Å². The highest BCUT2D eigenvalue weighted by Gasteiger charge is 2.30. The zero-order valence-electron chi connectivity index (χ0n) is 19.1. The molecule has 1 N–H and O–H groups in total. The molecule has 0 unspecified atom stereocenters. The van der Waals surface area contributed by atoms with Crippen molar-refractivity contribution in [3.63, 3.8) is 0 Å². The number of carboxylic acids is 1. The summed E-state index contributed by atoms with van der Waals surface area (Å²) >= 11 is 1.33. The summed E-state index contributed by atoms with van der Waals surface area (Å²) in [5, 5.41) is 9.74. The first kappa shape index (κ1) is 22.9. The van der Waals surface area contributed by atoms with Gasteiger partial charge in [-0.25, -0.2) is 9.79 Å². The molecule has 0 spiro atoms. The molecule has 1 amide bonds. The zero-order valence-corrected chi connectivity index (χ0v) is 19.9. The molecule has 178 valence electrons. The van der Waals surface area contributed by atoms with Gasteiger partial charge >= 0.3 is 5.97 Å². The van der Waals surface area contributed by atoms with Crippen LogP contribution in [0.25, 0.3) is 11.8 Å². The predicted octanol–water partition coefficient (Wildman–Crippen LogP) is 4.25. The van der Waals surface area contributed by atoms with Crippen molar-refractivity contribution in [2.45, 2.75) is 0 Å². The van der Waals surface area contributed by atoms with Crippen LogP contribution in [-0.4, -0.2) is 65.0 Å². The Morgan fingerprint density at radius 3 is 2.40 bits per heavy atom. The molecule has 35 heavy (non-hydrogen) atoms. The number of amidine groups is 1. The SMILES string of the molecule is CN1C(=O)C(=Cc2cccn2-c2ccc(C(=O)O)cc2)SC1=Nc1ccc(N2CCOCC2)cc1. The molecule has 2 fully saturated rings. The van der Waals surface area contributed by atoms with Crippen molar-refractivity contribution < 1.29 is 19.4 Å². The summed E-state index contributed by atoms with van der Waals surface area (Å²) in [6.45, 7) is 3.22. The Kier molecular flexibility index (Phi) is 6.43. The summed E-state index contributed by atoms with van der Waals surface area (Å²) < 4.78 is 7.33. The van der Waals surface area contributed by atoms with Crippen molar-refractivity contribution in [3.05, 3.63) is 83.0 Å². The van der Waals surface area contributed by atoms with E-state index in [1.807, 2.05) is 53.2 Å². The monoisotopic (exact) mass is 488 g/mol. The first-order valence-corrected chi connectivity index (χ1v) is 12.0. The van der Waals surface area contributed by atoms with Crippen LogP contribution in [0.2, 0.25) is 0 Å². The number of carboxylic acid groups (broad SMARTS) is 1. The Balaban J connectivity index is 1.35. The maximum atomic E-state index is 12.9. The second kappa shape index (κ2) is 9.81. The molecular weight excluding hydrogens is 464 g/mol. The lowest BCUT2D eigenvalue weighted by atomic mass is 10.2. The van der Waals surface area contributed by atoms with Crippen LogP contribution in [0.3, 0.4) is 0 Å². The molecule has 2 aliphatic rings. The molecule has 0 atom stereocenters. The predicted molar refractivity (Wildman–Crippen MR) is 138 cm³/mol. The Bertz CT molecular complexity index is 1310. The third kappa shape index (κ3) is 4.87. The molecule has 2 aromatic carbocycles. The summed E-state index contributed by atoms with van der Waals surface area (Å²) in [5.74, 6) is -1.09. The minimum absolute atomic E-state index is 0.118. The molecule has 2 saturated heterocycles. The Hall–Kier alpha value is -3.82. The number of carbonyl (C=O) groups excluding carboxylic acids is 1. The average molecular weight is 489 g/mol. The Morgan fingerprint density at radius 2 is 1.71 bits per heavy atom. The van der Waals surface area contributed by atoms with Gasteiger partial charge in [0.1, 0.15) is 0 Å². The lowest BCUT2D eigenvalue weighted by Crippen LogP contribution is -2.36. The number of thioether (sulfide) groups is 1. The number of anilines is 1. The molecule has 3 aromatic rings. The summed E-state index contributed by atoms with van der Waals surface area (Å²) in [4.78, 5) is 33.2. The van der Waals surface area contributed by atoms with E-state index in [0.717, 1.165) is 49.1 Å². The minimum atomic E-state index is -0.968. The van der Waals surface area contributed by atoms with E-state index in [1.54, 1.807) is 36.2 Å². The smallest absolute Gasteiger partial charge is 0.335 e. The first-order chi connectivity index (χ1) is 17.0. The average Bonchev–Trinajstić information content (AvgIpc) is 3.45. The van der Waals surface area contributed by atoms with Gasteiger partial charge in [0.15, 0.2) is 5.17 Å². The van der Waals surface area contributed by atoms with E-state index in [2.05, 4.69) is 4.90 Å². The van der Waals surface area contributed by atoms with Gasteiger partial charge in [0.2, 0.25) is 0 Å². The van der Waals surface area contributed by atoms with Crippen LogP contribution in [-0.2, 0) is 9.53 Å². The normalized spacial score (nSPS) is 18.6. The van der Waals surface area contributed by atoms with Crippen LogP contribution in [0, 0.1) is 0 Å². The number of likely N-dealkylation sites (N-methyl/N-ethyl adjacent to an activating group) is 1. The van der Waals surface area contributed by atoms with E-state index in [9.17, 15) is 9.59 Å². The van der Waals surface area contributed by atoms with Crippen LogP contribution >= 0.6 is 11.8 Å². The second-order valence-corrected chi connectivity index (χ2v) is 9.15. The molecule has 3 heterocycles. The minimum Gasteiger partial charge on any atom is -0.478 e. The van der Waals surface area contributed by atoms with E-state index in [4.69, 9.17) is 14.8 Å². The van der Waals surface area contributed by atoms with Gasteiger partial charge in [-0.15, -0.1) is 0 Å². The van der Waals surface area contributed by atoms with Gasteiger partial charge in [-0.1, -0.05) is 0 Å². The van der Waals surface area contributed by atoms with E-state index >= 15 is 0 Å². The van der Waals surface area contributed by atoms with Gasteiger partial charge in [-0.05, 0) is 78.5 Å². The molecule has 5 rings (SSSR count). The van der Waals surface area contributed by atoms with Gasteiger partial charge < -0.3 is 19.3 Å². The van der Waals surface area contributed by atoms with Gasteiger partial charge in [-0.2, -0.15) is 0 Å². The van der Waals surface area contributed by atoms with Crippen molar-refractivity contribution in [2.24, 2.45) is 4.99 Å². The topological polar surface area (TPSA) is 87.4 Å². The maximum absolute atomic E-state index is 12.9. The highest BCUT2D eigenvalue weighted by atomic mass is 32.2. The molecule has 0 radical (unpaired) electrons. The van der Waals surface area contributed by atoms with Crippen molar-refractivity contribution in [1.82, 2.24) is 9.47 Å². The number of nitrogens with zero attached hydrogens (tertiary/aromatic N) is 4. The van der Waals surface area contributed by atoms with Crippen molar-refractivity contribution in [3.8, 4) is 5.69 Å². The molecule has 0 aliphatic carbocycles. The van der Waals surface area contributed by atoms with Crippen LogP contribution in [0.4, 0.5) is 11.4 Å². The third-order valence-corrected chi connectivity index (χ3v) is 6.97. The molecule has 0 saturated carbocycles. The molecule has 8 nitrogen and oxygen atoms in total. The van der Waals surface area contributed by atoms with Crippen LogP contribution in [0.1, 0.15) is 16.1 Å². The molecular formula is C26H24N4O4S. The third-order valence-electron chi connectivity index (χ3n) is 5.91. The fourth-order valence-electron chi connectivity index (χ4n) is 3.97. The van der Waals surface area contributed by atoms with Crippen LogP contribution in [0.15, 0.2) is 76.8 Å². The Morgan fingerprint density at radius 1 is 1.03 bits per heavy atom. The van der Waals surface area contributed by atoms with Gasteiger partial charge in [0, 0.05) is 43.4 Å². The lowest BCUT2D eigenvalue weighted by molar-refractivity contribution is -0.121. The standard InChI is InChI=1S/C26H24N4O4S/c1-28-24(31)23(17-22-3-2-12-30(22)21-8-4-18(5-9-21)25(32)33)35-26(28)27-19-6-10-20(11-7-19)29-13-15-34-16-14-29/h2-12,17H,13-16H2,1H3,(H,32,33). The number of morpholine rings is 1. The highest BCUT2D eigenvalue weighted by molar-refractivity contribution is 8.18. The van der Waals surface area contributed by atoms with Crippen LogP contribution in [0.5, 0.6) is 0 Å².